The monoisotopic (exact) mass is 420 g/mol. The van der Waals surface area contributed by atoms with E-state index in [9.17, 15) is 4.79 Å². The summed E-state index contributed by atoms with van der Waals surface area (Å²) in [6.45, 7) is 2.27. The van der Waals surface area contributed by atoms with Crippen molar-refractivity contribution in [3.63, 3.8) is 0 Å². The van der Waals surface area contributed by atoms with Crippen molar-refractivity contribution in [2.24, 2.45) is 0 Å². The first-order chi connectivity index (χ1) is 13.1. The third-order valence-electron chi connectivity index (χ3n) is 3.42. The molecule has 1 heterocycles. The number of aromatic nitrogens is 2. The maximum Gasteiger partial charge on any atom is 0.253 e. The number of hydroxylamine groups is 1. The summed E-state index contributed by atoms with van der Waals surface area (Å²) >= 11 is 8.78. The van der Waals surface area contributed by atoms with Gasteiger partial charge in [0.2, 0.25) is 5.13 Å². The molecule has 0 atom stereocenters. The van der Waals surface area contributed by atoms with E-state index in [1.165, 1.54) is 23.1 Å². The molecule has 0 unspecified atom stereocenters. The minimum absolute atomic E-state index is 0.194. The number of carbonyl (C=O) groups excluding carboxylic acids is 1. The van der Waals surface area contributed by atoms with Gasteiger partial charge in [-0.2, -0.15) is 0 Å². The van der Waals surface area contributed by atoms with Crippen LogP contribution in [-0.2, 0) is 16.2 Å². The zero-order chi connectivity index (χ0) is 19.1. The van der Waals surface area contributed by atoms with Crippen molar-refractivity contribution in [1.82, 2.24) is 15.7 Å². The smallest absolute Gasteiger partial charge is 0.253 e. The number of benzene rings is 2. The van der Waals surface area contributed by atoms with Crippen LogP contribution in [0.2, 0.25) is 5.02 Å². The molecule has 140 valence electrons. The van der Waals surface area contributed by atoms with Crippen LogP contribution < -0.4 is 10.8 Å². The van der Waals surface area contributed by atoms with E-state index >= 15 is 0 Å². The third kappa shape index (κ3) is 6.21. The number of amides is 1. The largest absolute Gasteiger partial charge is 0.330 e. The molecule has 6 nitrogen and oxygen atoms in total. The van der Waals surface area contributed by atoms with Crippen LogP contribution in [0.25, 0.3) is 0 Å². The van der Waals surface area contributed by atoms with E-state index in [4.69, 9.17) is 16.4 Å². The topological polar surface area (TPSA) is 76.1 Å². The molecule has 0 aliphatic carbocycles. The van der Waals surface area contributed by atoms with Crippen LogP contribution in [-0.4, -0.2) is 21.9 Å². The van der Waals surface area contributed by atoms with E-state index in [0.717, 1.165) is 16.8 Å². The maximum atomic E-state index is 11.8. The molecule has 0 bridgehead atoms. The lowest BCUT2D eigenvalue weighted by Crippen LogP contribution is -2.25. The predicted octanol–water partition coefficient (Wildman–Crippen LogP) is 4.58. The Balaban J connectivity index is 1.42. The standard InChI is InChI=1S/C18H17ClN4O2S2/c1-12-7-8-14(9-15(12)19)20-17-21-22-18(27-17)26-11-16(24)23-25-10-13-5-3-2-4-6-13/h2-9H,10-11H2,1H3,(H,20,21)(H,23,24). The van der Waals surface area contributed by atoms with Crippen LogP contribution in [0.3, 0.4) is 0 Å². The second-order valence-corrected chi connectivity index (χ2v) is 8.16. The van der Waals surface area contributed by atoms with Gasteiger partial charge < -0.3 is 5.32 Å². The van der Waals surface area contributed by atoms with Crippen molar-refractivity contribution < 1.29 is 9.63 Å². The molecule has 3 aromatic rings. The van der Waals surface area contributed by atoms with Gasteiger partial charge in [0.15, 0.2) is 4.34 Å². The molecule has 0 saturated carbocycles. The van der Waals surface area contributed by atoms with Gasteiger partial charge >= 0.3 is 0 Å². The van der Waals surface area contributed by atoms with E-state index in [2.05, 4.69) is 21.0 Å². The molecule has 1 amide bonds. The fourth-order valence-corrected chi connectivity index (χ4v) is 3.78. The normalized spacial score (nSPS) is 10.6. The number of thioether (sulfide) groups is 1. The van der Waals surface area contributed by atoms with E-state index < -0.39 is 0 Å². The molecule has 0 aliphatic heterocycles. The van der Waals surface area contributed by atoms with Crippen molar-refractivity contribution >= 4 is 51.4 Å². The minimum atomic E-state index is -0.231. The van der Waals surface area contributed by atoms with Crippen molar-refractivity contribution in [3.8, 4) is 0 Å². The maximum absolute atomic E-state index is 11.8. The summed E-state index contributed by atoms with van der Waals surface area (Å²) in [5.74, 6) is -0.0364. The number of nitrogens with zero attached hydrogens (tertiary/aromatic N) is 2. The van der Waals surface area contributed by atoms with Crippen molar-refractivity contribution in [1.29, 1.82) is 0 Å². The highest BCUT2D eigenvalue weighted by Gasteiger charge is 2.09. The highest BCUT2D eigenvalue weighted by Crippen LogP contribution is 2.29. The van der Waals surface area contributed by atoms with Gasteiger partial charge in [-0.05, 0) is 30.2 Å². The summed E-state index contributed by atoms with van der Waals surface area (Å²) in [7, 11) is 0. The van der Waals surface area contributed by atoms with Crippen LogP contribution in [0.1, 0.15) is 11.1 Å². The van der Waals surface area contributed by atoms with Gasteiger partial charge in [0.05, 0.1) is 12.4 Å². The summed E-state index contributed by atoms with van der Waals surface area (Å²) < 4.78 is 0.689. The molecular weight excluding hydrogens is 404 g/mol. The molecule has 0 fully saturated rings. The molecule has 27 heavy (non-hydrogen) atoms. The number of hydrogen-bond acceptors (Lipinski definition) is 7. The number of halogens is 1. The molecule has 2 aromatic carbocycles. The molecule has 0 spiro atoms. The van der Waals surface area contributed by atoms with Crippen LogP contribution >= 0.6 is 34.7 Å². The quantitative estimate of drug-likeness (QED) is 0.410. The average Bonchev–Trinajstić information content (AvgIpc) is 3.11. The lowest BCUT2D eigenvalue weighted by Gasteiger charge is -2.05. The summed E-state index contributed by atoms with van der Waals surface area (Å²) in [6.07, 6.45) is 0. The van der Waals surface area contributed by atoms with Gasteiger partial charge in [-0.3, -0.25) is 9.63 Å². The average molecular weight is 421 g/mol. The Morgan fingerprint density at radius 1 is 1.22 bits per heavy atom. The van der Waals surface area contributed by atoms with Gasteiger partial charge in [-0.1, -0.05) is 71.1 Å². The fourth-order valence-electron chi connectivity index (χ4n) is 2.04. The molecular formula is C18H17ClN4O2S2. The SMILES string of the molecule is Cc1ccc(Nc2nnc(SCC(=O)NOCc3ccccc3)s2)cc1Cl. The first kappa shape index (κ1) is 19.6. The second kappa shape index (κ2) is 9.70. The van der Waals surface area contributed by atoms with Crippen LogP contribution in [0.5, 0.6) is 0 Å². The zero-order valence-electron chi connectivity index (χ0n) is 14.4. The fraction of sp³-hybridized carbons (Fsp3) is 0.167. The van der Waals surface area contributed by atoms with Gasteiger partial charge in [-0.25, -0.2) is 5.48 Å². The number of aryl methyl sites for hydroxylation is 1. The molecule has 0 saturated heterocycles. The second-order valence-electron chi connectivity index (χ2n) is 5.55. The summed E-state index contributed by atoms with van der Waals surface area (Å²) in [4.78, 5) is 17.0. The first-order valence-corrected chi connectivity index (χ1v) is 10.2. The number of carbonyl (C=O) groups is 1. The van der Waals surface area contributed by atoms with E-state index in [-0.39, 0.29) is 11.7 Å². The Morgan fingerprint density at radius 2 is 2.04 bits per heavy atom. The Labute approximate surface area is 170 Å². The Hall–Kier alpha value is -2.13. The van der Waals surface area contributed by atoms with Gasteiger partial charge in [0, 0.05) is 10.7 Å². The van der Waals surface area contributed by atoms with Crippen LogP contribution in [0.15, 0.2) is 52.9 Å². The minimum Gasteiger partial charge on any atom is -0.330 e. The van der Waals surface area contributed by atoms with Gasteiger partial charge in [0.1, 0.15) is 0 Å². The van der Waals surface area contributed by atoms with Crippen molar-refractivity contribution in [2.75, 3.05) is 11.1 Å². The molecule has 3 rings (SSSR count). The summed E-state index contributed by atoms with van der Waals surface area (Å²) in [5.41, 5.74) is 5.26. The van der Waals surface area contributed by atoms with Crippen molar-refractivity contribution in [3.05, 3.63) is 64.7 Å². The Kier molecular flexibility index (Phi) is 7.05. The molecule has 0 aliphatic rings. The predicted molar refractivity (Wildman–Crippen MR) is 109 cm³/mol. The molecule has 2 N–H and O–H groups in total. The van der Waals surface area contributed by atoms with Crippen molar-refractivity contribution in [2.45, 2.75) is 17.9 Å². The highest BCUT2D eigenvalue weighted by atomic mass is 35.5. The third-order valence-corrected chi connectivity index (χ3v) is 5.80. The molecule has 0 radical (unpaired) electrons. The number of nitrogens with one attached hydrogen (secondary N) is 2. The number of rotatable bonds is 8. The lowest BCUT2D eigenvalue weighted by molar-refractivity contribution is -0.131. The van der Waals surface area contributed by atoms with E-state index in [0.29, 0.717) is 21.1 Å². The molecule has 1 aromatic heterocycles. The number of hydrogen-bond donors (Lipinski definition) is 2. The summed E-state index contributed by atoms with van der Waals surface area (Å²) in [6, 6.07) is 15.3. The zero-order valence-corrected chi connectivity index (χ0v) is 16.8. The van der Waals surface area contributed by atoms with E-state index in [1.54, 1.807) is 0 Å². The Bertz CT molecular complexity index is 905. The first-order valence-electron chi connectivity index (χ1n) is 8.04. The van der Waals surface area contributed by atoms with Crippen LogP contribution in [0.4, 0.5) is 10.8 Å². The lowest BCUT2D eigenvalue weighted by atomic mass is 10.2. The highest BCUT2D eigenvalue weighted by molar-refractivity contribution is 8.01. The van der Waals surface area contributed by atoms with E-state index in [1.807, 2.05) is 55.5 Å². The van der Waals surface area contributed by atoms with Gasteiger partial charge in [-0.15, -0.1) is 10.2 Å². The summed E-state index contributed by atoms with van der Waals surface area (Å²) in [5, 5.41) is 12.6. The molecule has 9 heteroatoms. The Morgan fingerprint density at radius 3 is 2.81 bits per heavy atom. The number of anilines is 2. The van der Waals surface area contributed by atoms with Gasteiger partial charge in [0.25, 0.3) is 5.91 Å². The van der Waals surface area contributed by atoms with Crippen LogP contribution in [0, 0.1) is 6.92 Å².